The number of likely N-dealkylation sites (tertiary alicyclic amines) is 1. The van der Waals surface area contributed by atoms with Crippen LogP contribution in [0.1, 0.15) is 24.3 Å². The third-order valence-electron chi connectivity index (χ3n) is 6.29. The number of nitrogens with zero attached hydrogens (tertiary/aromatic N) is 3. The lowest BCUT2D eigenvalue weighted by Gasteiger charge is -2.30. The number of benzene rings is 2. The molecule has 0 spiro atoms. The zero-order chi connectivity index (χ0) is 25.5. The molecule has 10 nitrogen and oxygen atoms in total. The molecule has 1 N–H and O–H groups in total. The summed E-state index contributed by atoms with van der Waals surface area (Å²) in [6.07, 6.45) is 1.75. The molecule has 192 valence electrons. The van der Waals surface area contributed by atoms with Gasteiger partial charge in [0.2, 0.25) is 17.6 Å². The van der Waals surface area contributed by atoms with Crippen LogP contribution in [-0.4, -0.2) is 62.5 Å². The first-order valence-electron chi connectivity index (χ1n) is 11.8. The summed E-state index contributed by atoms with van der Waals surface area (Å²) in [5, 5.41) is 7.17. The number of carbonyl (C=O) groups excluding carboxylic acids is 1. The van der Waals surface area contributed by atoms with Crippen LogP contribution in [0.2, 0.25) is 0 Å². The molecule has 0 radical (unpaired) electrons. The van der Waals surface area contributed by atoms with E-state index in [9.17, 15) is 4.79 Å². The van der Waals surface area contributed by atoms with E-state index in [0.717, 1.165) is 36.3 Å². The normalized spacial score (nSPS) is 15.8. The molecule has 1 saturated heterocycles. The van der Waals surface area contributed by atoms with E-state index in [4.69, 9.17) is 23.5 Å². The summed E-state index contributed by atoms with van der Waals surface area (Å²) < 4.78 is 26.9. The third kappa shape index (κ3) is 5.88. The zero-order valence-electron chi connectivity index (χ0n) is 21.1. The van der Waals surface area contributed by atoms with Gasteiger partial charge in [0.05, 0.1) is 40.9 Å². The lowest BCUT2D eigenvalue weighted by molar-refractivity contribution is -0.127. The minimum absolute atomic E-state index is 0.0149. The van der Waals surface area contributed by atoms with Gasteiger partial charge < -0.3 is 28.8 Å². The van der Waals surface area contributed by atoms with Crippen LogP contribution in [0.5, 0.6) is 23.0 Å². The summed E-state index contributed by atoms with van der Waals surface area (Å²) in [7, 11) is 6.40. The monoisotopic (exact) mass is 496 g/mol. The molecule has 0 aliphatic carbocycles. The van der Waals surface area contributed by atoms with Crippen LogP contribution in [-0.2, 0) is 17.9 Å². The van der Waals surface area contributed by atoms with Crippen LogP contribution in [0.15, 0.2) is 40.9 Å². The summed E-state index contributed by atoms with van der Waals surface area (Å²) in [5.41, 5.74) is 1.64. The molecule has 0 unspecified atom stereocenters. The Balaban J connectivity index is 1.35. The average molecular weight is 497 g/mol. The van der Waals surface area contributed by atoms with E-state index in [2.05, 4.69) is 20.4 Å². The van der Waals surface area contributed by atoms with Crippen molar-refractivity contribution in [1.29, 1.82) is 0 Å². The van der Waals surface area contributed by atoms with Gasteiger partial charge in [0, 0.05) is 24.2 Å². The summed E-state index contributed by atoms with van der Waals surface area (Å²) in [5.74, 6) is 3.53. The fourth-order valence-electron chi connectivity index (χ4n) is 4.36. The van der Waals surface area contributed by atoms with Crippen molar-refractivity contribution in [3.8, 4) is 34.4 Å². The number of nitrogens with one attached hydrogen (secondary N) is 1. The number of hydrogen-bond acceptors (Lipinski definition) is 9. The topological polar surface area (TPSA) is 108 Å². The minimum Gasteiger partial charge on any atom is -0.497 e. The van der Waals surface area contributed by atoms with Crippen LogP contribution in [0.3, 0.4) is 0 Å². The summed E-state index contributed by atoms with van der Waals surface area (Å²) >= 11 is 0. The van der Waals surface area contributed by atoms with E-state index in [1.165, 1.54) is 0 Å². The number of carbonyl (C=O) groups is 1. The second-order valence-corrected chi connectivity index (χ2v) is 8.55. The van der Waals surface area contributed by atoms with Gasteiger partial charge in [0.25, 0.3) is 0 Å². The standard InChI is InChI=1S/C26H32N4O6/c1-32-20-8-10-21(33-2)19(12-20)14-27-26(31)18-6-5-11-30(15-18)16-24-28-25(29-36-24)17-7-9-22(34-3)23(13-17)35-4/h7-10,12-13,18H,5-6,11,14-16H2,1-4H3,(H,27,31)/t18-/m1/s1. The molecule has 1 atom stereocenters. The van der Waals surface area contributed by atoms with E-state index >= 15 is 0 Å². The number of methoxy groups -OCH3 is 4. The fraction of sp³-hybridized carbons (Fsp3) is 0.423. The summed E-state index contributed by atoms with van der Waals surface area (Å²) in [6.45, 7) is 2.33. The van der Waals surface area contributed by atoms with Crippen molar-refractivity contribution >= 4 is 5.91 Å². The van der Waals surface area contributed by atoms with Crippen LogP contribution in [0.4, 0.5) is 0 Å². The van der Waals surface area contributed by atoms with Crippen LogP contribution in [0, 0.1) is 5.92 Å². The molecule has 1 aliphatic rings. The number of amides is 1. The molecular weight excluding hydrogens is 464 g/mol. The predicted octanol–water partition coefficient (Wildman–Crippen LogP) is 3.30. The first-order valence-corrected chi connectivity index (χ1v) is 11.8. The van der Waals surface area contributed by atoms with E-state index in [1.807, 2.05) is 30.3 Å². The van der Waals surface area contributed by atoms with Gasteiger partial charge in [0.1, 0.15) is 11.5 Å². The Morgan fingerprint density at radius 2 is 1.81 bits per heavy atom. The van der Waals surface area contributed by atoms with Gasteiger partial charge in [0.15, 0.2) is 11.5 Å². The Morgan fingerprint density at radius 1 is 1.03 bits per heavy atom. The van der Waals surface area contributed by atoms with Gasteiger partial charge in [-0.25, -0.2) is 0 Å². The summed E-state index contributed by atoms with van der Waals surface area (Å²) in [6, 6.07) is 11.0. The lowest BCUT2D eigenvalue weighted by atomic mass is 9.97. The second kappa shape index (κ2) is 11.8. The Bertz CT molecular complexity index is 1180. The smallest absolute Gasteiger partial charge is 0.241 e. The van der Waals surface area contributed by atoms with Gasteiger partial charge >= 0.3 is 0 Å². The van der Waals surface area contributed by atoms with Crippen molar-refractivity contribution in [3.05, 3.63) is 47.9 Å². The van der Waals surface area contributed by atoms with Crippen molar-refractivity contribution in [3.63, 3.8) is 0 Å². The Morgan fingerprint density at radius 3 is 2.56 bits per heavy atom. The molecule has 1 fully saturated rings. The summed E-state index contributed by atoms with van der Waals surface area (Å²) in [4.78, 5) is 19.7. The molecule has 0 saturated carbocycles. The predicted molar refractivity (Wildman–Crippen MR) is 132 cm³/mol. The number of piperidine rings is 1. The van der Waals surface area contributed by atoms with Crippen LogP contribution in [0.25, 0.3) is 11.4 Å². The van der Waals surface area contributed by atoms with Gasteiger partial charge in [-0.1, -0.05) is 5.16 Å². The zero-order valence-corrected chi connectivity index (χ0v) is 21.1. The SMILES string of the molecule is COc1ccc(OC)c(CNC(=O)[C@@H]2CCCN(Cc3nc(-c4ccc(OC)c(OC)c4)no3)C2)c1. The quantitative estimate of drug-likeness (QED) is 0.452. The molecule has 10 heteroatoms. The van der Waals surface area contributed by atoms with Crippen molar-refractivity contribution in [2.45, 2.75) is 25.9 Å². The molecule has 1 amide bonds. The van der Waals surface area contributed by atoms with Crippen molar-refractivity contribution < 1.29 is 28.3 Å². The number of rotatable bonds is 10. The highest BCUT2D eigenvalue weighted by Crippen LogP contribution is 2.31. The van der Waals surface area contributed by atoms with E-state index in [-0.39, 0.29) is 11.8 Å². The molecular formula is C26H32N4O6. The molecule has 3 aromatic rings. The third-order valence-corrected chi connectivity index (χ3v) is 6.29. The Kier molecular flexibility index (Phi) is 8.27. The highest BCUT2D eigenvalue weighted by Gasteiger charge is 2.27. The molecule has 2 heterocycles. The molecule has 1 aromatic heterocycles. The first-order chi connectivity index (χ1) is 17.5. The van der Waals surface area contributed by atoms with E-state index < -0.39 is 0 Å². The van der Waals surface area contributed by atoms with Gasteiger partial charge in [-0.15, -0.1) is 0 Å². The van der Waals surface area contributed by atoms with Crippen molar-refractivity contribution in [2.75, 3.05) is 41.5 Å². The van der Waals surface area contributed by atoms with Gasteiger partial charge in [-0.2, -0.15) is 4.98 Å². The van der Waals surface area contributed by atoms with Crippen LogP contribution >= 0.6 is 0 Å². The highest BCUT2D eigenvalue weighted by molar-refractivity contribution is 5.79. The van der Waals surface area contributed by atoms with Crippen LogP contribution < -0.4 is 24.3 Å². The average Bonchev–Trinajstić information content (AvgIpc) is 3.39. The molecule has 0 bridgehead atoms. The fourth-order valence-corrected chi connectivity index (χ4v) is 4.36. The molecule has 36 heavy (non-hydrogen) atoms. The maximum atomic E-state index is 12.9. The largest absolute Gasteiger partial charge is 0.497 e. The number of hydrogen-bond donors (Lipinski definition) is 1. The highest BCUT2D eigenvalue weighted by atomic mass is 16.5. The van der Waals surface area contributed by atoms with Crippen molar-refractivity contribution in [1.82, 2.24) is 20.4 Å². The molecule has 4 rings (SSSR count). The Labute approximate surface area is 210 Å². The Hall–Kier alpha value is -3.79. The number of aromatic nitrogens is 2. The van der Waals surface area contributed by atoms with E-state index in [0.29, 0.717) is 48.6 Å². The maximum Gasteiger partial charge on any atom is 0.241 e. The van der Waals surface area contributed by atoms with Gasteiger partial charge in [-0.05, 0) is 55.8 Å². The van der Waals surface area contributed by atoms with Crippen molar-refractivity contribution in [2.24, 2.45) is 5.92 Å². The van der Waals surface area contributed by atoms with Gasteiger partial charge in [-0.3, -0.25) is 9.69 Å². The molecule has 2 aromatic carbocycles. The molecule has 1 aliphatic heterocycles. The maximum absolute atomic E-state index is 12.9. The van der Waals surface area contributed by atoms with E-state index in [1.54, 1.807) is 34.5 Å². The first kappa shape index (κ1) is 25.3. The second-order valence-electron chi connectivity index (χ2n) is 8.55. The lowest BCUT2D eigenvalue weighted by Crippen LogP contribution is -2.42. The minimum atomic E-state index is -0.122. The number of ether oxygens (including phenoxy) is 4.